The van der Waals surface area contributed by atoms with Gasteiger partial charge in [-0.1, -0.05) is 0 Å². The molecule has 22 heavy (non-hydrogen) atoms. The summed E-state index contributed by atoms with van der Waals surface area (Å²) in [7, 11) is 3.18. The zero-order valence-corrected chi connectivity index (χ0v) is 12.3. The zero-order valence-electron chi connectivity index (χ0n) is 12.3. The van der Waals surface area contributed by atoms with Gasteiger partial charge in [0.25, 0.3) is 0 Å². The summed E-state index contributed by atoms with van der Waals surface area (Å²) >= 11 is 0. The summed E-state index contributed by atoms with van der Waals surface area (Å²) in [6.07, 6.45) is 1.56. The van der Waals surface area contributed by atoms with Crippen LogP contribution in [0.1, 0.15) is 5.56 Å². The molecule has 114 valence electrons. The maximum atomic E-state index is 5.81. The Morgan fingerprint density at radius 3 is 2.59 bits per heavy atom. The number of hydrogen-bond acceptors (Lipinski definition) is 7. The maximum Gasteiger partial charge on any atom is 0.226 e. The first-order chi connectivity index (χ1) is 10.7. The highest BCUT2D eigenvalue weighted by Gasteiger charge is 2.20. The van der Waals surface area contributed by atoms with Crippen LogP contribution in [-0.4, -0.2) is 31.8 Å². The topological polar surface area (TPSA) is 91.0 Å². The van der Waals surface area contributed by atoms with Gasteiger partial charge in [0.05, 0.1) is 31.7 Å². The van der Waals surface area contributed by atoms with Crippen molar-refractivity contribution in [1.29, 1.82) is 0 Å². The van der Waals surface area contributed by atoms with Crippen molar-refractivity contribution in [1.82, 2.24) is 4.98 Å². The molecule has 3 N–H and O–H groups in total. The molecular weight excluding hydrogens is 284 g/mol. The molecule has 2 aromatic rings. The smallest absolute Gasteiger partial charge is 0.226 e. The number of nitrogens with zero attached hydrogens (tertiary/aromatic N) is 2. The molecule has 0 aliphatic carbocycles. The Kier molecular flexibility index (Phi) is 3.69. The van der Waals surface area contributed by atoms with Crippen molar-refractivity contribution in [3.8, 4) is 17.2 Å². The Bertz CT molecular complexity index is 713. The number of aromatic nitrogens is 1. The molecule has 0 radical (unpaired) electrons. The van der Waals surface area contributed by atoms with E-state index >= 15 is 0 Å². The van der Waals surface area contributed by atoms with Crippen molar-refractivity contribution >= 4 is 17.4 Å². The Balaban J connectivity index is 1.95. The summed E-state index contributed by atoms with van der Waals surface area (Å²) in [4.78, 5) is 8.35. The quantitative estimate of drug-likeness (QED) is 0.899. The second-order valence-electron chi connectivity index (χ2n) is 4.57. The number of hydrogen-bond donors (Lipinski definition) is 2. The van der Waals surface area contributed by atoms with Crippen LogP contribution in [0.2, 0.25) is 0 Å². The minimum absolute atomic E-state index is 0.417. The van der Waals surface area contributed by atoms with E-state index in [-0.39, 0.29) is 0 Å². The molecule has 2 heterocycles. The van der Waals surface area contributed by atoms with Crippen LogP contribution in [0.15, 0.2) is 35.5 Å². The van der Waals surface area contributed by atoms with E-state index in [9.17, 15) is 0 Å². The predicted octanol–water partition coefficient (Wildman–Crippen LogP) is 1.89. The average molecular weight is 300 g/mol. The molecule has 0 amide bonds. The molecule has 0 saturated heterocycles. The van der Waals surface area contributed by atoms with E-state index in [1.807, 2.05) is 12.1 Å². The number of methoxy groups -OCH3 is 2. The SMILES string of the molecule is COc1cc2c(cc1OC)C(Oc1ccc(N)nc1)=NCN2. The number of nitrogen functional groups attached to an aromatic ring is 1. The van der Waals surface area contributed by atoms with Crippen molar-refractivity contribution < 1.29 is 14.2 Å². The van der Waals surface area contributed by atoms with E-state index in [4.69, 9.17) is 19.9 Å². The van der Waals surface area contributed by atoms with Gasteiger partial charge in [0.15, 0.2) is 11.5 Å². The summed E-state index contributed by atoms with van der Waals surface area (Å²) < 4.78 is 16.4. The third-order valence-electron chi connectivity index (χ3n) is 3.22. The third kappa shape index (κ3) is 2.60. The van der Waals surface area contributed by atoms with Gasteiger partial charge in [-0.3, -0.25) is 0 Å². The number of fused-ring (bicyclic) bond motifs is 1. The van der Waals surface area contributed by atoms with E-state index < -0.39 is 0 Å². The van der Waals surface area contributed by atoms with Gasteiger partial charge in [-0.05, 0) is 18.2 Å². The van der Waals surface area contributed by atoms with Gasteiger partial charge in [-0.2, -0.15) is 0 Å². The highest BCUT2D eigenvalue weighted by molar-refractivity contribution is 6.02. The lowest BCUT2D eigenvalue weighted by Gasteiger charge is -2.20. The Morgan fingerprint density at radius 2 is 1.91 bits per heavy atom. The fourth-order valence-corrected chi connectivity index (χ4v) is 2.13. The van der Waals surface area contributed by atoms with Crippen LogP contribution < -0.4 is 25.3 Å². The fourth-order valence-electron chi connectivity index (χ4n) is 2.13. The molecule has 1 aliphatic rings. The lowest BCUT2D eigenvalue weighted by molar-refractivity contribution is 0.355. The van der Waals surface area contributed by atoms with E-state index in [1.165, 1.54) is 0 Å². The standard InChI is InChI=1S/C15H16N4O3/c1-20-12-5-10-11(6-13(12)21-2)18-8-19-15(10)22-9-3-4-14(16)17-7-9/h3-7,18H,8H2,1-2H3,(H2,16,17). The number of aliphatic imine (C=N–C) groups is 1. The molecule has 3 rings (SSSR count). The van der Waals surface area contributed by atoms with Crippen molar-refractivity contribution in [3.63, 3.8) is 0 Å². The van der Waals surface area contributed by atoms with E-state index in [1.54, 1.807) is 32.5 Å². The average Bonchev–Trinajstić information content (AvgIpc) is 2.56. The molecule has 0 spiro atoms. The highest BCUT2D eigenvalue weighted by Crippen LogP contribution is 2.35. The van der Waals surface area contributed by atoms with Crippen molar-refractivity contribution in [2.45, 2.75) is 0 Å². The lowest BCUT2D eigenvalue weighted by atomic mass is 10.1. The van der Waals surface area contributed by atoms with Gasteiger partial charge in [0, 0.05) is 6.07 Å². The monoisotopic (exact) mass is 300 g/mol. The number of pyridine rings is 1. The number of benzene rings is 1. The van der Waals surface area contributed by atoms with Crippen molar-refractivity contribution in [2.75, 3.05) is 31.9 Å². The van der Waals surface area contributed by atoms with Gasteiger partial charge in [-0.25, -0.2) is 9.98 Å². The van der Waals surface area contributed by atoms with Crippen LogP contribution in [0.3, 0.4) is 0 Å². The minimum atomic E-state index is 0.417. The van der Waals surface area contributed by atoms with Gasteiger partial charge < -0.3 is 25.3 Å². The molecule has 1 aromatic carbocycles. The molecule has 0 atom stereocenters. The number of nitrogens with one attached hydrogen (secondary N) is 1. The number of nitrogens with two attached hydrogens (primary N) is 1. The summed E-state index contributed by atoms with van der Waals surface area (Å²) in [6, 6.07) is 7.09. The Labute approximate surface area is 127 Å². The minimum Gasteiger partial charge on any atom is -0.493 e. The second kappa shape index (κ2) is 5.80. The summed E-state index contributed by atoms with van der Waals surface area (Å²) in [5.74, 6) is 2.74. The van der Waals surface area contributed by atoms with Crippen molar-refractivity contribution in [3.05, 3.63) is 36.0 Å². The molecule has 0 fully saturated rings. The van der Waals surface area contributed by atoms with E-state index in [0.717, 1.165) is 11.3 Å². The summed E-state index contributed by atoms with van der Waals surface area (Å²) in [6.45, 7) is 0.417. The van der Waals surface area contributed by atoms with Crippen LogP contribution in [0.25, 0.3) is 0 Å². The molecular formula is C15H16N4O3. The predicted molar refractivity (Wildman–Crippen MR) is 83.9 cm³/mol. The molecule has 1 aliphatic heterocycles. The second-order valence-corrected chi connectivity index (χ2v) is 4.57. The summed E-state index contributed by atoms with van der Waals surface area (Å²) in [5, 5.41) is 3.17. The van der Waals surface area contributed by atoms with Gasteiger partial charge >= 0.3 is 0 Å². The number of rotatable bonds is 3. The first-order valence-corrected chi connectivity index (χ1v) is 6.65. The Morgan fingerprint density at radius 1 is 1.14 bits per heavy atom. The first-order valence-electron chi connectivity index (χ1n) is 6.65. The van der Waals surface area contributed by atoms with Gasteiger partial charge in [0.2, 0.25) is 5.90 Å². The molecule has 0 bridgehead atoms. The molecule has 7 heteroatoms. The molecule has 1 aromatic heterocycles. The van der Waals surface area contributed by atoms with Gasteiger partial charge in [-0.15, -0.1) is 0 Å². The van der Waals surface area contributed by atoms with Crippen LogP contribution >= 0.6 is 0 Å². The van der Waals surface area contributed by atoms with E-state index in [2.05, 4.69) is 15.3 Å². The molecule has 7 nitrogen and oxygen atoms in total. The van der Waals surface area contributed by atoms with Crippen LogP contribution in [0.4, 0.5) is 11.5 Å². The Hall–Kier alpha value is -2.96. The van der Waals surface area contributed by atoms with Gasteiger partial charge in [0.1, 0.15) is 18.2 Å². The normalized spacial score (nSPS) is 12.7. The summed E-state index contributed by atoms with van der Waals surface area (Å²) in [5.41, 5.74) is 7.23. The highest BCUT2D eigenvalue weighted by atomic mass is 16.5. The largest absolute Gasteiger partial charge is 0.493 e. The maximum absolute atomic E-state index is 5.81. The molecule has 0 saturated carbocycles. The number of ether oxygens (including phenoxy) is 3. The molecule has 0 unspecified atom stereocenters. The zero-order chi connectivity index (χ0) is 15.5. The lowest BCUT2D eigenvalue weighted by Crippen LogP contribution is -2.20. The third-order valence-corrected chi connectivity index (χ3v) is 3.22. The van der Waals surface area contributed by atoms with Crippen LogP contribution in [-0.2, 0) is 0 Å². The fraction of sp³-hybridized carbons (Fsp3) is 0.200. The van der Waals surface area contributed by atoms with E-state index in [0.29, 0.717) is 35.6 Å². The van der Waals surface area contributed by atoms with Crippen molar-refractivity contribution in [2.24, 2.45) is 4.99 Å². The van der Waals surface area contributed by atoms with Crippen LogP contribution in [0.5, 0.6) is 17.2 Å². The number of anilines is 2. The van der Waals surface area contributed by atoms with Crippen LogP contribution in [0, 0.1) is 0 Å². The first kappa shape index (κ1) is 14.0.